The van der Waals surface area contributed by atoms with E-state index in [0.717, 1.165) is 5.69 Å². The van der Waals surface area contributed by atoms with Crippen molar-refractivity contribution in [2.45, 2.75) is 32.4 Å². The van der Waals surface area contributed by atoms with E-state index in [1.54, 1.807) is 6.07 Å². The number of carbonyl (C=O) groups is 1. The molecule has 104 valence electrons. The molecule has 5 nitrogen and oxygen atoms in total. The van der Waals surface area contributed by atoms with Crippen LogP contribution < -0.4 is 15.4 Å². The molecule has 0 radical (unpaired) electrons. The van der Waals surface area contributed by atoms with Crippen LogP contribution in [0.3, 0.4) is 0 Å². The molecule has 0 amide bonds. The van der Waals surface area contributed by atoms with Gasteiger partial charge in [-0.15, -0.1) is 0 Å². The number of esters is 1. The topological polar surface area (TPSA) is 64.8 Å². The molecule has 1 atom stereocenters. The number of methoxy groups -OCH3 is 1. The summed E-state index contributed by atoms with van der Waals surface area (Å²) in [6.07, 6.45) is 0. The minimum Gasteiger partial charge on any atom is -0.484 e. The predicted molar refractivity (Wildman–Crippen MR) is 74.4 cm³/mol. The van der Waals surface area contributed by atoms with Crippen LogP contribution in [-0.2, 0) is 9.53 Å². The first kappa shape index (κ1) is 13.5. The van der Waals surface area contributed by atoms with Gasteiger partial charge in [0.25, 0.3) is 0 Å². The van der Waals surface area contributed by atoms with Gasteiger partial charge in [-0.2, -0.15) is 0 Å². The van der Waals surface area contributed by atoms with E-state index in [-0.39, 0.29) is 11.6 Å². The lowest BCUT2D eigenvalue weighted by atomic mass is 10.0. The van der Waals surface area contributed by atoms with E-state index in [2.05, 4.69) is 0 Å². The van der Waals surface area contributed by atoms with Crippen LogP contribution in [0.25, 0.3) is 0 Å². The fourth-order valence-electron chi connectivity index (χ4n) is 2.38. The summed E-state index contributed by atoms with van der Waals surface area (Å²) in [5.41, 5.74) is 7.00. The monoisotopic (exact) mass is 264 g/mol. The molecule has 5 heteroatoms. The third-order valence-electron chi connectivity index (χ3n) is 3.26. The van der Waals surface area contributed by atoms with Crippen molar-refractivity contribution in [3.8, 4) is 5.75 Å². The summed E-state index contributed by atoms with van der Waals surface area (Å²) in [6, 6.07) is 5.11. The Balaban J connectivity index is 2.47. The summed E-state index contributed by atoms with van der Waals surface area (Å²) in [6.45, 7) is 6.35. The molecular weight excluding hydrogens is 244 g/mol. The zero-order chi connectivity index (χ0) is 14.2. The molecule has 1 aliphatic rings. The number of benzene rings is 1. The third-order valence-corrected chi connectivity index (χ3v) is 3.26. The van der Waals surface area contributed by atoms with Crippen LogP contribution in [0, 0.1) is 0 Å². The number of fused-ring (bicyclic) bond motifs is 1. The van der Waals surface area contributed by atoms with Crippen LogP contribution >= 0.6 is 0 Å². The Bertz CT molecular complexity index is 499. The van der Waals surface area contributed by atoms with Crippen molar-refractivity contribution >= 4 is 17.3 Å². The van der Waals surface area contributed by atoms with E-state index in [0.29, 0.717) is 18.0 Å². The van der Waals surface area contributed by atoms with E-state index in [1.807, 2.05) is 37.8 Å². The van der Waals surface area contributed by atoms with Crippen molar-refractivity contribution in [2.75, 3.05) is 24.3 Å². The Morgan fingerprint density at radius 1 is 1.53 bits per heavy atom. The molecule has 2 rings (SSSR count). The van der Waals surface area contributed by atoms with E-state index in [4.69, 9.17) is 15.2 Å². The lowest BCUT2D eigenvalue weighted by Crippen LogP contribution is -2.52. The summed E-state index contributed by atoms with van der Waals surface area (Å²) < 4.78 is 10.7. The highest BCUT2D eigenvalue weighted by Crippen LogP contribution is 2.41. The maximum Gasteiger partial charge on any atom is 0.328 e. The molecule has 0 bridgehead atoms. The lowest BCUT2D eigenvalue weighted by Gasteiger charge is -2.43. The maximum atomic E-state index is 11.8. The number of hydrogen-bond donors (Lipinski definition) is 1. The van der Waals surface area contributed by atoms with Crippen molar-refractivity contribution < 1.29 is 14.3 Å². The molecule has 1 unspecified atom stereocenters. The highest BCUT2D eigenvalue weighted by molar-refractivity contribution is 5.85. The second-order valence-corrected chi connectivity index (χ2v) is 5.38. The van der Waals surface area contributed by atoms with Crippen LogP contribution in [0.15, 0.2) is 18.2 Å². The number of nitrogens with zero attached hydrogens (tertiary/aromatic N) is 1. The Labute approximate surface area is 113 Å². The normalized spacial score (nSPS) is 18.2. The summed E-state index contributed by atoms with van der Waals surface area (Å²) in [5.74, 6) is 0.416. The minimum absolute atomic E-state index is 0.285. The Morgan fingerprint density at radius 3 is 2.84 bits per heavy atom. The number of hydrogen-bond acceptors (Lipinski definition) is 5. The Kier molecular flexibility index (Phi) is 3.30. The van der Waals surface area contributed by atoms with Gasteiger partial charge in [-0.1, -0.05) is 6.07 Å². The van der Waals surface area contributed by atoms with Gasteiger partial charge in [-0.25, -0.2) is 4.79 Å². The molecule has 1 heterocycles. The molecule has 0 spiro atoms. The van der Waals surface area contributed by atoms with Gasteiger partial charge in [0.1, 0.15) is 23.1 Å². The second-order valence-electron chi connectivity index (χ2n) is 5.38. The summed E-state index contributed by atoms with van der Waals surface area (Å²) in [7, 11) is 1.39. The van der Waals surface area contributed by atoms with Gasteiger partial charge in [0.2, 0.25) is 0 Å². The molecular formula is C14H20N2O3. The number of anilines is 2. The molecule has 19 heavy (non-hydrogen) atoms. The van der Waals surface area contributed by atoms with Gasteiger partial charge < -0.3 is 20.1 Å². The maximum absolute atomic E-state index is 11.8. The Hall–Kier alpha value is -1.91. The van der Waals surface area contributed by atoms with E-state index in [9.17, 15) is 4.79 Å². The highest BCUT2D eigenvalue weighted by Gasteiger charge is 2.37. The number of para-hydroxylation sites is 1. The molecule has 0 fully saturated rings. The molecule has 0 aliphatic carbocycles. The van der Waals surface area contributed by atoms with Gasteiger partial charge in [0, 0.05) is 0 Å². The van der Waals surface area contributed by atoms with Gasteiger partial charge in [0.15, 0.2) is 0 Å². The van der Waals surface area contributed by atoms with Gasteiger partial charge in [0.05, 0.1) is 19.3 Å². The average Bonchev–Trinajstić information content (AvgIpc) is 2.34. The standard InChI is InChI=1S/C14H20N2O3/c1-9(13(17)18-4)16-8-14(2,3)19-11-7-5-6-10(15)12(11)16/h5-7,9H,8,15H2,1-4H3. The number of rotatable bonds is 2. The molecule has 0 saturated carbocycles. The van der Waals surface area contributed by atoms with Crippen molar-refractivity contribution in [1.29, 1.82) is 0 Å². The third kappa shape index (κ3) is 2.45. The van der Waals surface area contributed by atoms with Crippen LogP contribution in [0.2, 0.25) is 0 Å². The van der Waals surface area contributed by atoms with Crippen LogP contribution in [0.5, 0.6) is 5.75 Å². The fraction of sp³-hybridized carbons (Fsp3) is 0.500. The summed E-state index contributed by atoms with van der Waals surface area (Å²) in [4.78, 5) is 13.7. The lowest BCUT2D eigenvalue weighted by molar-refractivity contribution is -0.142. The second kappa shape index (κ2) is 4.64. The van der Waals surface area contributed by atoms with Crippen molar-refractivity contribution in [3.63, 3.8) is 0 Å². The first-order chi connectivity index (χ1) is 8.85. The smallest absolute Gasteiger partial charge is 0.328 e. The van der Waals surface area contributed by atoms with Crippen LogP contribution in [0.1, 0.15) is 20.8 Å². The molecule has 1 aromatic rings. The number of nitrogens with two attached hydrogens (primary N) is 1. The van der Waals surface area contributed by atoms with Crippen molar-refractivity contribution in [3.05, 3.63) is 18.2 Å². The number of carbonyl (C=O) groups excluding carboxylic acids is 1. The van der Waals surface area contributed by atoms with Crippen LogP contribution in [0.4, 0.5) is 11.4 Å². The van der Waals surface area contributed by atoms with E-state index < -0.39 is 6.04 Å². The minimum atomic E-state index is -0.406. The molecule has 1 aliphatic heterocycles. The highest BCUT2D eigenvalue weighted by atomic mass is 16.5. The van der Waals surface area contributed by atoms with Gasteiger partial charge in [-0.3, -0.25) is 0 Å². The molecule has 2 N–H and O–H groups in total. The first-order valence-corrected chi connectivity index (χ1v) is 6.28. The number of nitrogen functional groups attached to an aromatic ring is 1. The zero-order valence-electron chi connectivity index (χ0n) is 11.8. The summed E-state index contributed by atoms with van der Waals surface area (Å²) >= 11 is 0. The summed E-state index contributed by atoms with van der Waals surface area (Å²) in [5, 5.41) is 0. The average molecular weight is 264 g/mol. The van der Waals surface area contributed by atoms with Gasteiger partial charge >= 0.3 is 5.97 Å². The van der Waals surface area contributed by atoms with Crippen LogP contribution in [-0.4, -0.2) is 31.3 Å². The fourth-order valence-corrected chi connectivity index (χ4v) is 2.38. The number of ether oxygens (including phenoxy) is 2. The van der Waals surface area contributed by atoms with E-state index in [1.165, 1.54) is 7.11 Å². The first-order valence-electron chi connectivity index (χ1n) is 6.28. The largest absolute Gasteiger partial charge is 0.484 e. The Morgan fingerprint density at radius 2 is 2.21 bits per heavy atom. The van der Waals surface area contributed by atoms with E-state index >= 15 is 0 Å². The van der Waals surface area contributed by atoms with Crippen molar-refractivity contribution in [2.24, 2.45) is 0 Å². The SMILES string of the molecule is COC(=O)C(C)N1CC(C)(C)Oc2cccc(N)c21. The quantitative estimate of drug-likeness (QED) is 0.652. The van der Waals surface area contributed by atoms with Gasteiger partial charge in [-0.05, 0) is 32.9 Å². The van der Waals surface area contributed by atoms with Crippen molar-refractivity contribution in [1.82, 2.24) is 0 Å². The molecule has 1 aromatic carbocycles. The molecule has 0 aromatic heterocycles. The molecule has 0 saturated heterocycles. The predicted octanol–water partition coefficient (Wildman–Crippen LogP) is 1.81. The zero-order valence-corrected chi connectivity index (χ0v) is 11.8.